The molecule has 0 amide bonds. The van der Waals surface area contributed by atoms with E-state index in [4.69, 9.17) is 17.0 Å². The van der Waals surface area contributed by atoms with Crippen molar-refractivity contribution in [3.63, 3.8) is 0 Å². The van der Waals surface area contributed by atoms with E-state index in [0.29, 0.717) is 17.5 Å². The Kier molecular flexibility index (Phi) is 1.91. The number of hydrogen-bond acceptors (Lipinski definition) is 4. The van der Waals surface area contributed by atoms with Crippen LogP contribution in [-0.2, 0) is 0 Å². The van der Waals surface area contributed by atoms with Crippen molar-refractivity contribution in [3.05, 3.63) is 11.9 Å². The number of nitrogens with two attached hydrogens (primary N) is 2. The van der Waals surface area contributed by atoms with Crippen molar-refractivity contribution in [2.24, 2.45) is 17.5 Å². The lowest BCUT2D eigenvalue weighted by molar-refractivity contribution is 0.869. The lowest BCUT2D eigenvalue weighted by Gasteiger charge is -1.98. The summed E-state index contributed by atoms with van der Waals surface area (Å²) >= 11 is 0. The van der Waals surface area contributed by atoms with E-state index >= 15 is 0 Å². The minimum absolute atomic E-state index is 0.358. The molecule has 0 atom stereocenters. The van der Waals surface area contributed by atoms with Gasteiger partial charge in [-0.15, -0.1) is 0 Å². The van der Waals surface area contributed by atoms with Gasteiger partial charge in [-0.1, -0.05) is 0 Å². The Hall–Kier alpha value is -1.03. The number of allylic oxidation sites excluding steroid dienone is 1. The second kappa shape index (κ2) is 2.70. The average molecular weight is 140 g/mol. The zero-order valence-electron chi connectivity index (χ0n) is 5.72. The van der Waals surface area contributed by atoms with E-state index in [1.807, 2.05) is 0 Å². The molecular formula is C6H12N4. The van der Waals surface area contributed by atoms with E-state index in [-0.39, 0.29) is 0 Å². The minimum atomic E-state index is 0.358. The highest BCUT2D eigenvalue weighted by atomic mass is 15.3. The number of hydrazine groups is 1. The summed E-state index contributed by atoms with van der Waals surface area (Å²) in [5, 5.41) is 7.39. The summed E-state index contributed by atoms with van der Waals surface area (Å²) in [5.74, 6) is 5.80. The number of rotatable bonds is 3. The molecule has 1 aliphatic carbocycles. The smallest absolute Gasteiger partial charge is 0.112 e. The zero-order valence-corrected chi connectivity index (χ0v) is 5.72. The Labute approximate surface area is 59.8 Å². The summed E-state index contributed by atoms with van der Waals surface area (Å²) in [7, 11) is 0. The summed E-state index contributed by atoms with van der Waals surface area (Å²) < 4.78 is 0. The van der Waals surface area contributed by atoms with E-state index in [0.717, 1.165) is 12.8 Å². The van der Waals surface area contributed by atoms with Crippen LogP contribution in [0.15, 0.2) is 11.9 Å². The normalized spacial score (nSPS) is 18.7. The first-order valence-corrected chi connectivity index (χ1v) is 3.26. The van der Waals surface area contributed by atoms with Crippen LogP contribution in [-0.4, -0.2) is 5.71 Å². The number of nitrogens with one attached hydrogen (secondary N) is 2. The van der Waals surface area contributed by atoms with Crippen LogP contribution in [0.25, 0.3) is 0 Å². The molecule has 0 heterocycles. The molecule has 4 heteroatoms. The second-order valence-corrected chi connectivity index (χ2v) is 2.47. The molecule has 1 aliphatic rings. The molecule has 0 aromatic heterocycles. The van der Waals surface area contributed by atoms with Crippen molar-refractivity contribution in [3.8, 4) is 0 Å². The predicted molar refractivity (Wildman–Crippen MR) is 40.0 cm³/mol. The van der Waals surface area contributed by atoms with Crippen LogP contribution in [0.1, 0.15) is 12.8 Å². The lowest BCUT2D eigenvalue weighted by atomic mass is 10.2. The fourth-order valence-corrected chi connectivity index (χ4v) is 0.721. The molecule has 56 valence electrons. The van der Waals surface area contributed by atoms with E-state index in [1.54, 1.807) is 6.08 Å². The Morgan fingerprint density at radius 1 is 1.60 bits per heavy atom. The number of hydrogen-bond donors (Lipinski definition) is 4. The third kappa shape index (κ3) is 1.73. The predicted octanol–water partition coefficient (Wildman–Crippen LogP) is -0.320. The first-order valence-electron chi connectivity index (χ1n) is 3.26. The van der Waals surface area contributed by atoms with Gasteiger partial charge in [0.25, 0.3) is 0 Å². The van der Waals surface area contributed by atoms with Crippen molar-refractivity contribution in [1.82, 2.24) is 5.43 Å². The second-order valence-electron chi connectivity index (χ2n) is 2.47. The summed E-state index contributed by atoms with van der Waals surface area (Å²) in [4.78, 5) is 0. The van der Waals surface area contributed by atoms with Crippen molar-refractivity contribution in [1.29, 1.82) is 5.41 Å². The van der Waals surface area contributed by atoms with Gasteiger partial charge in [0.1, 0.15) is 5.82 Å². The highest BCUT2D eigenvalue weighted by molar-refractivity contribution is 5.96. The maximum absolute atomic E-state index is 7.39. The van der Waals surface area contributed by atoms with Crippen LogP contribution < -0.4 is 17.0 Å². The molecule has 0 bridgehead atoms. The van der Waals surface area contributed by atoms with E-state index in [9.17, 15) is 0 Å². The molecule has 0 radical (unpaired) electrons. The topological polar surface area (TPSA) is 87.9 Å². The van der Waals surface area contributed by atoms with Crippen molar-refractivity contribution in [2.75, 3.05) is 0 Å². The quantitative estimate of drug-likeness (QED) is 0.246. The molecule has 0 aromatic rings. The standard InChI is InChI=1S/C6H12N4/c7-5(4-1-2-4)3-6(8)10-9/h3-4,7,10H,1-2,8-9H2/b6-3+,7-5?. The van der Waals surface area contributed by atoms with Gasteiger partial charge < -0.3 is 16.6 Å². The van der Waals surface area contributed by atoms with Gasteiger partial charge in [0.15, 0.2) is 0 Å². The van der Waals surface area contributed by atoms with Gasteiger partial charge in [-0.05, 0) is 12.8 Å². The molecule has 1 rings (SSSR count). The average Bonchev–Trinajstić information content (AvgIpc) is 2.68. The van der Waals surface area contributed by atoms with Gasteiger partial charge in [0.05, 0.1) is 0 Å². The Balaban J connectivity index is 2.41. The van der Waals surface area contributed by atoms with Crippen LogP contribution in [0.2, 0.25) is 0 Å². The fraction of sp³-hybridized carbons (Fsp3) is 0.500. The first kappa shape index (κ1) is 7.08. The summed E-state index contributed by atoms with van der Waals surface area (Å²) in [6.07, 6.45) is 3.80. The summed E-state index contributed by atoms with van der Waals surface area (Å²) in [5.41, 5.74) is 8.18. The lowest BCUT2D eigenvalue weighted by Crippen LogP contribution is -2.27. The summed E-state index contributed by atoms with van der Waals surface area (Å²) in [6, 6.07) is 0. The van der Waals surface area contributed by atoms with Crippen molar-refractivity contribution in [2.45, 2.75) is 12.8 Å². The van der Waals surface area contributed by atoms with Gasteiger partial charge in [-0.3, -0.25) is 0 Å². The highest BCUT2D eigenvalue weighted by Gasteiger charge is 2.24. The van der Waals surface area contributed by atoms with Crippen LogP contribution in [0, 0.1) is 11.3 Å². The molecule has 1 fully saturated rings. The molecule has 0 saturated heterocycles. The van der Waals surface area contributed by atoms with Gasteiger partial charge in [-0.2, -0.15) is 0 Å². The molecule has 6 N–H and O–H groups in total. The molecule has 0 spiro atoms. The largest absolute Gasteiger partial charge is 0.384 e. The maximum atomic E-state index is 7.39. The molecule has 10 heavy (non-hydrogen) atoms. The highest BCUT2D eigenvalue weighted by Crippen LogP contribution is 2.30. The fourth-order valence-electron chi connectivity index (χ4n) is 0.721. The van der Waals surface area contributed by atoms with Crippen LogP contribution in [0.4, 0.5) is 0 Å². The molecule has 4 nitrogen and oxygen atoms in total. The molecular weight excluding hydrogens is 128 g/mol. The third-order valence-corrected chi connectivity index (χ3v) is 1.49. The monoisotopic (exact) mass is 140 g/mol. The Morgan fingerprint density at radius 3 is 2.60 bits per heavy atom. The maximum Gasteiger partial charge on any atom is 0.112 e. The Morgan fingerprint density at radius 2 is 2.20 bits per heavy atom. The Bertz CT molecular complexity index is 169. The molecule has 0 aromatic carbocycles. The van der Waals surface area contributed by atoms with Crippen molar-refractivity contribution < 1.29 is 0 Å². The van der Waals surface area contributed by atoms with Gasteiger partial charge in [-0.25, -0.2) is 5.84 Å². The van der Waals surface area contributed by atoms with E-state index < -0.39 is 0 Å². The first-order chi connectivity index (χ1) is 4.74. The van der Waals surface area contributed by atoms with Gasteiger partial charge >= 0.3 is 0 Å². The van der Waals surface area contributed by atoms with E-state index in [2.05, 4.69) is 5.43 Å². The van der Waals surface area contributed by atoms with Crippen LogP contribution in [0.5, 0.6) is 0 Å². The van der Waals surface area contributed by atoms with Gasteiger partial charge in [0, 0.05) is 17.7 Å². The molecule has 1 saturated carbocycles. The zero-order chi connectivity index (χ0) is 7.56. The van der Waals surface area contributed by atoms with Crippen molar-refractivity contribution >= 4 is 5.71 Å². The third-order valence-electron chi connectivity index (χ3n) is 1.49. The molecule has 0 unspecified atom stereocenters. The summed E-state index contributed by atoms with van der Waals surface area (Å²) in [6.45, 7) is 0. The minimum Gasteiger partial charge on any atom is -0.384 e. The SMILES string of the molecule is N=C(/C=C(\N)NN)C1CC1. The molecule has 0 aliphatic heterocycles. The van der Waals surface area contributed by atoms with Gasteiger partial charge in [0.2, 0.25) is 0 Å². The van der Waals surface area contributed by atoms with Crippen LogP contribution in [0.3, 0.4) is 0 Å². The van der Waals surface area contributed by atoms with E-state index in [1.165, 1.54) is 0 Å². The van der Waals surface area contributed by atoms with Crippen LogP contribution >= 0.6 is 0 Å².